The monoisotopic (exact) mass is 456 g/mol. The van der Waals surface area contributed by atoms with Crippen LogP contribution in [0.1, 0.15) is 26.3 Å². The molecule has 0 bridgehead atoms. The number of carbonyl (C=O) groups excluding carboxylic acids is 2. The summed E-state index contributed by atoms with van der Waals surface area (Å²) in [5.41, 5.74) is 1.66. The summed E-state index contributed by atoms with van der Waals surface area (Å²) in [4.78, 5) is 36.8. The van der Waals surface area contributed by atoms with Crippen molar-refractivity contribution in [3.05, 3.63) is 95.4 Å². The number of benzene rings is 3. The van der Waals surface area contributed by atoms with Crippen LogP contribution in [0.4, 0.5) is 15.9 Å². The second-order valence-electron chi connectivity index (χ2n) is 7.85. The van der Waals surface area contributed by atoms with Crippen LogP contribution in [0, 0.1) is 5.82 Å². The number of nitrogens with zero attached hydrogens (tertiary/aromatic N) is 3. The van der Waals surface area contributed by atoms with E-state index in [1.54, 1.807) is 54.7 Å². The average Bonchev–Trinajstić information content (AvgIpc) is 2.90. The minimum absolute atomic E-state index is 0.0603. The maximum absolute atomic E-state index is 15.2. The Morgan fingerprint density at radius 3 is 2.50 bits per heavy atom. The third-order valence-corrected chi connectivity index (χ3v) is 5.65. The molecule has 4 aromatic rings. The Labute approximate surface area is 195 Å². The maximum atomic E-state index is 15.2. The molecule has 1 saturated heterocycles. The van der Waals surface area contributed by atoms with Crippen molar-refractivity contribution >= 4 is 34.2 Å². The summed E-state index contributed by atoms with van der Waals surface area (Å²) < 4.78 is 20.6. The normalized spacial score (nSPS) is 13.6. The lowest BCUT2D eigenvalue weighted by molar-refractivity contribution is 0.101. The van der Waals surface area contributed by atoms with Gasteiger partial charge in [-0.1, -0.05) is 24.3 Å². The molecule has 0 aliphatic carbocycles. The van der Waals surface area contributed by atoms with Gasteiger partial charge in [-0.15, -0.1) is 0 Å². The van der Waals surface area contributed by atoms with Crippen LogP contribution in [0.3, 0.4) is 0 Å². The number of ether oxygens (including phenoxy) is 1. The SMILES string of the molecule is O=C(Nc1cccc(C(=O)c2ccc3ncc(N4CCOCC4)nc3c2)c1F)c1ccccc1. The Morgan fingerprint density at radius 2 is 1.71 bits per heavy atom. The lowest BCUT2D eigenvalue weighted by Crippen LogP contribution is -2.36. The smallest absolute Gasteiger partial charge is 0.255 e. The predicted octanol–water partition coefficient (Wildman–Crippen LogP) is 4.09. The van der Waals surface area contributed by atoms with Crippen molar-refractivity contribution in [2.45, 2.75) is 0 Å². The first-order valence-electron chi connectivity index (χ1n) is 10.9. The highest BCUT2D eigenvalue weighted by Crippen LogP contribution is 2.24. The average molecular weight is 456 g/mol. The first-order chi connectivity index (χ1) is 16.6. The highest BCUT2D eigenvalue weighted by Gasteiger charge is 2.20. The number of aromatic nitrogens is 2. The van der Waals surface area contributed by atoms with E-state index in [0.717, 1.165) is 0 Å². The molecule has 0 saturated carbocycles. The molecule has 0 radical (unpaired) electrons. The lowest BCUT2D eigenvalue weighted by Gasteiger charge is -2.27. The standard InChI is InChI=1S/C26H21FN4O3/c27-24-19(7-4-8-21(24)30-26(33)17-5-2-1-3-6-17)25(32)18-9-10-20-22(15-18)29-23(16-28-20)31-11-13-34-14-12-31/h1-10,15-16H,11-14H2,(H,30,33). The van der Waals surface area contributed by atoms with Crippen molar-refractivity contribution in [1.82, 2.24) is 9.97 Å². The molecule has 8 heteroatoms. The number of fused-ring (bicyclic) bond motifs is 1. The Bertz CT molecular complexity index is 1370. The van der Waals surface area contributed by atoms with Gasteiger partial charge in [-0.3, -0.25) is 14.6 Å². The van der Waals surface area contributed by atoms with Gasteiger partial charge in [0.2, 0.25) is 0 Å². The van der Waals surface area contributed by atoms with E-state index in [9.17, 15) is 9.59 Å². The van der Waals surface area contributed by atoms with E-state index in [2.05, 4.69) is 20.2 Å². The van der Waals surface area contributed by atoms with Crippen LogP contribution in [0.5, 0.6) is 0 Å². The first kappa shape index (κ1) is 21.7. The number of halogens is 1. The summed E-state index contributed by atoms with van der Waals surface area (Å²) in [7, 11) is 0. The van der Waals surface area contributed by atoms with Crippen molar-refractivity contribution in [2.24, 2.45) is 0 Å². The summed E-state index contributed by atoms with van der Waals surface area (Å²) in [6.45, 7) is 2.67. The topological polar surface area (TPSA) is 84.4 Å². The van der Waals surface area contributed by atoms with Gasteiger partial charge in [0.1, 0.15) is 5.82 Å². The van der Waals surface area contributed by atoms with Gasteiger partial charge in [0.15, 0.2) is 11.6 Å². The highest BCUT2D eigenvalue weighted by molar-refractivity contribution is 6.11. The van der Waals surface area contributed by atoms with Gasteiger partial charge >= 0.3 is 0 Å². The van der Waals surface area contributed by atoms with E-state index in [-0.39, 0.29) is 16.8 Å². The summed E-state index contributed by atoms with van der Waals surface area (Å²) in [6.07, 6.45) is 1.70. The fourth-order valence-corrected chi connectivity index (χ4v) is 3.83. The molecule has 1 aliphatic heterocycles. The number of carbonyl (C=O) groups is 2. The summed E-state index contributed by atoms with van der Waals surface area (Å²) in [6, 6.07) is 17.7. The third-order valence-electron chi connectivity index (χ3n) is 5.65. The highest BCUT2D eigenvalue weighted by atomic mass is 19.1. The van der Waals surface area contributed by atoms with Crippen LogP contribution in [0.2, 0.25) is 0 Å². The predicted molar refractivity (Wildman–Crippen MR) is 127 cm³/mol. The number of morpholine rings is 1. The summed E-state index contributed by atoms with van der Waals surface area (Å²) in [5.74, 6) is -1.04. The second kappa shape index (κ2) is 9.36. The molecule has 1 N–H and O–H groups in total. The van der Waals surface area contributed by atoms with Gasteiger partial charge in [-0.25, -0.2) is 9.37 Å². The molecule has 1 amide bonds. The van der Waals surface area contributed by atoms with Crippen molar-refractivity contribution in [3.8, 4) is 0 Å². The Hall–Kier alpha value is -4.17. The van der Waals surface area contributed by atoms with Gasteiger partial charge in [0.05, 0.1) is 41.7 Å². The van der Waals surface area contributed by atoms with Crippen LogP contribution < -0.4 is 10.2 Å². The number of amides is 1. The molecule has 1 fully saturated rings. The number of nitrogens with one attached hydrogen (secondary N) is 1. The number of rotatable bonds is 5. The molecule has 5 rings (SSSR count). The van der Waals surface area contributed by atoms with Crippen LogP contribution in [0.15, 0.2) is 72.9 Å². The molecule has 7 nitrogen and oxygen atoms in total. The Morgan fingerprint density at radius 1 is 0.912 bits per heavy atom. The minimum atomic E-state index is -0.787. The van der Waals surface area contributed by atoms with Crippen LogP contribution >= 0.6 is 0 Å². The molecule has 3 aromatic carbocycles. The van der Waals surface area contributed by atoms with E-state index in [1.165, 1.54) is 18.2 Å². The van der Waals surface area contributed by atoms with Gasteiger partial charge < -0.3 is 15.0 Å². The number of anilines is 2. The fourth-order valence-electron chi connectivity index (χ4n) is 3.83. The van der Waals surface area contributed by atoms with Gasteiger partial charge in [-0.2, -0.15) is 0 Å². The fraction of sp³-hybridized carbons (Fsp3) is 0.154. The van der Waals surface area contributed by atoms with E-state index in [1.807, 2.05) is 0 Å². The third kappa shape index (κ3) is 4.35. The van der Waals surface area contributed by atoms with E-state index in [4.69, 9.17) is 4.74 Å². The second-order valence-corrected chi connectivity index (χ2v) is 7.85. The molecular formula is C26H21FN4O3. The van der Waals surface area contributed by atoms with Gasteiger partial charge in [0, 0.05) is 24.2 Å². The van der Waals surface area contributed by atoms with Crippen LogP contribution in [0.25, 0.3) is 11.0 Å². The molecule has 0 spiro atoms. The maximum Gasteiger partial charge on any atom is 0.255 e. The van der Waals surface area contributed by atoms with Crippen LogP contribution in [-0.4, -0.2) is 48.0 Å². The molecule has 170 valence electrons. The molecule has 1 aromatic heterocycles. The lowest BCUT2D eigenvalue weighted by atomic mass is 10.0. The largest absolute Gasteiger partial charge is 0.378 e. The molecule has 0 unspecified atom stereocenters. The first-order valence-corrected chi connectivity index (χ1v) is 10.9. The van der Waals surface area contributed by atoms with Crippen molar-refractivity contribution in [1.29, 1.82) is 0 Å². The molecule has 1 aliphatic rings. The zero-order valence-electron chi connectivity index (χ0n) is 18.2. The minimum Gasteiger partial charge on any atom is -0.378 e. The van der Waals surface area contributed by atoms with E-state index < -0.39 is 17.5 Å². The van der Waals surface area contributed by atoms with E-state index in [0.29, 0.717) is 48.7 Å². The van der Waals surface area contributed by atoms with E-state index >= 15 is 4.39 Å². The number of ketones is 1. The van der Waals surface area contributed by atoms with Crippen molar-refractivity contribution in [2.75, 3.05) is 36.5 Å². The number of hydrogen-bond donors (Lipinski definition) is 1. The molecule has 0 atom stereocenters. The summed E-state index contributed by atoms with van der Waals surface area (Å²) >= 11 is 0. The molecule has 34 heavy (non-hydrogen) atoms. The van der Waals surface area contributed by atoms with Gasteiger partial charge in [0.25, 0.3) is 5.91 Å². The van der Waals surface area contributed by atoms with Gasteiger partial charge in [-0.05, 0) is 42.5 Å². The van der Waals surface area contributed by atoms with Crippen molar-refractivity contribution in [3.63, 3.8) is 0 Å². The van der Waals surface area contributed by atoms with Crippen LogP contribution in [-0.2, 0) is 4.74 Å². The molecular weight excluding hydrogens is 435 g/mol. The Balaban J connectivity index is 1.43. The quantitative estimate of drug-likeness (QED) is 0.456. The zero-order valence-corrected chi connectivity index (χ0v) is 18.2. The zero-order chi connectivity index (χ0) is 23.5. The molecule has 2 heterocycles. The van der Waals surface area contributed by atoms with Crippen molar-refractivity contribution < 1.29 is 18.7 Å². The summed E-state index contributed by atoms with van der Waals surface area (Å²) in [5, 5.41) is 2.54. The number of hydrogen-bond acceptors (Lipinski definition) is 6. The Kier molecular flexibility index (Phi) is 5.97.